The van der Waals surface area contributed by atoms with E-state index in [1.54, 1.807) is 11.5 Å². The van der Waals surface area contributed by atoms with E-state index in [1.165, 1.54) is 66.1 Å². The summed E-state index contributed by atoms with van der Waals surface area (Å²) in [5.74, 6) is -0.659. The van der Waals surface area contributed by atoms with Crippen LogP contribution in [0.2, 0.25) is 0 Å². The largest absolute Gasteiger partial charge is 0.289 e. The van der Waals surface area contributed by atoms with Crippen LogP contribution in [-0.4, -0.2) is 23.8 Å². The van der Waals surface area contributed by atoms with Crippen LogP contribution in [0.15, 0.2) is 64.9 Å². The molecule has 0 aliphatic carbocycles. The molecule has 0 saturated heterocycles. The lowest BCUT2D eigenvalue weighted by atomic mass is 10.1. The highest BCUT2D eigenvalue weighted by atomic mass is 32.2. The Hall–Kier alpha value is -2.75. The minimum Gasteiger partial charge on any atom is -0.289 e. The summed E-state index contributed by atoms with van der Waals surface area (Å²) in [7, 11) is -3.75. The third-order valence-corrected chi connectivity index (χ3v) is 5.55. The van der Waals surface area contributed by atoms with Gasteiger partial charge in [0.25, 0.3) is 0 Å². The van der Waals surface area contributed by atoms with E-state index >= 15 is 0 Å². The molecule has 0 atom stereocenters. The van der Waals surface area contributed by atoms with Gasteiger partial charge >= 0.3 is 0 Å². The molecule has 0 saturated carbocycles. The minimum atomic E-state index is -3.75. The van der Waals surface area contributed by atoms with E-state index in [0.717, 1.165) is 0 Å². The molecule has 0 amide bonds. The van der Waals surface area contributed by atoms with Crippen molar-refractivity contribution in [1.29, 1.82) is 0 Å². The Morgan fingerprint density at radius 3 is 2.44 bits per heavy atom. The van der Waals surface area contributed by atoms with E-state index in [4.69, 9.17) is 0 Å². The molecule has 3 rings (SSSR count). The number of allylic oxidation sites excluding steroid dienone is 1. The van der Waals surface area contributed by atoms with Crippen molar-refractivity contribution >= 4 is 33.4 Å². The van der Waals surface area contributed by atoms with Gasteiger partial charge in [-0.3, -0.25) is 4.79 Å². The lowest BCUT2D eigenvalue weighted by Crippen LogP contribution is -2.23. The zero-order chi connectivity index (χ0) is 19.3. The number of sulfonamides is 1. The molecular formula is C18H14FN3O3S2. The number of benzene rings is 2. The Morgan fingerprint density at radius 1 is 1.11 bits per heavy atom. The fourth-order valence-corrected chi connectivity index (χ4v) is 3.60. The lowest BCUT2D eigenvalue weighted by Gasteiger charge is -2.07. The molecule has 0 aliphatic heterocycles. The van der Waals surface area contributed by atoms with Gasteiger partial charge in [-0.25, -0.2) is 17.5 Å². The number of carbonyl (C=O) groups excluding carboxylic acids is 1. The number of halogens is 1. The van der Waals surface area contributed by atoms with Crippen LogP contribution in [0.25, 0.3) is 6.08 Å². The van der Waals surface area contributed by atoms with E-state index in [-0.39, 0.29) is 23.0 Å². The molecule has 6 nitrogen and oxygen atoms in total. The predicted molar refractivity (Wildman–Crippen MR) is 100 cm³/mol. The van der Waals surface area contributed by atoms with E-state index in [9.17, 15) is 17.6 Å². The molecule has 3 aromatic rings. The summed E-state index contributed by atoms with van der Waals surface area (Å²) >= 11 is 1.18. The fourth-order valence-electron chi connectivity index (χ4n) is 2.16. The predicted octanol–water partition coefficient (Wildman–Crippen LogP) is 3.05. The number of carbonyl (C=O) groups is 1. The van der Waals surface area contributed by atoms with Gasteiger partial charge in [0.15, 0.2) is 5.78 Å². The zero-order valence-corrected chi connectivity index (χ0v) is 15.5. The monoisotopic (exact) mass is 403 g/mol. The van der Waals surface area contributed by atoms with Crippen LogP contribution in [0, 0.1) is 5.82 Å². The van der Waals surface area contributed by atoms with Crippen LogP contribution in [0.5, 0.6) is 0 Å². The molecule has 2 aromatic carbocycles. The topological polar surface area (TPSA) is 89.0 Å². The number of hydrogen-bond donors (Lipinski definition) is 1. The minimum absolute atomic E-state index is 0.0354. The van der Waals surface area contributed by atoms with Gasteiger partial charge < -0.3 is 0 Å². The lowest BCUT2D eigenvalue weighted by molar-refractivity contribution is 0.104. The van der Waals surface area contributed by atoms with Gasteiger partial charge in [0.2, 0.25) is 10.0 Å². The summed E-state index contributed by atoms with van der Waals surface area (Å²) < 4.78 is 43.7. The summed E-state index contributed by atoms with van der Waals surface area (Å²) in [6.07, 6.45) is 2.90. The summed E-state index contributed by atoms with van der Waals surface area (Å²) in [4.78, 5) is 12.1. The molecule has 0 aliphatic rings. The van der Waals surface area contributed by atoms with Crippen molar-refractivity contribution in [1.82, 2.24) is 14.3 Å². The number of aromatic nitrogens is 2. The van der Waals surface area contributed by atoms with Gasteiger partial charge in [-0.2, -0.15) is 0 Å². The van der Waals surface area contributed by atoms with Gasteiger partial charge in [-0.05, 0) is 65.6 Å². The smallest absolute Gasteiger partial charge is 0.240 e. The Morgan fingerprint density at radius 2 is 1.81 bits per heavy atom. The van der Waals surface area contributed by atoms with Gasteiger partial charge in [0.05, 0.1) is 10.6 Å². The molecule has 1 N–H and O–H groups in total. The first kappa shape index (κ1) is 19.0. The van der Waals surface area contributed by atoms with Crippen molar-refractivity contribution in [3.8, 4) is 0 Å². The molecule has 9 heteroatoms. The SMILES string of the molecule is O=C(/C=C/c1csnn1)c1ccc(S(=O)(=O)NCc2ccc(F)cc2)cc1. The standard InChI is InChI=1S/C18H14FN3O3S2/c19-15-5-1-13(2-6-15)11-20-27(24,25)17-8-3-14(4-9-17)18(23)10-7-16-12-26-22-21-16/h1-10,12,20H,11H2/b10-7+. The third kappa shape index (κ3) is 5.13. The molecule has 0 fully saturated rings. The maximum Gasteiger partial charge on any atom is 0.240 e. The highest BCUT2D eigenvalue weighted by molar-refractivity contribution is 7.89. The first-order chi connectivity index (χ1) is 12.9. The van der Waals surface area contributed by atoms with E-state index < -0.39 is 10.0 Å². The van der Waals surface area contributed by atoms with Gasteiger partial charge in [0, 0.05) is 17.5 Å². The van der Waals surface area contributed by atoms with Crippen LogP contribution in [0.3, 0.4) is 0 Å². The van der Waals surface area contributed by atoms with Crippen LogP contribution >= 0.6 is 11.5 Å². The second kappa shape index (κ2) is 8.30. The second-order valence-corrected chi connectivity index (χ2v) is 7.88. The van der Waals surface area contributed by atoms with Crippen molar-refractivity contribution in [2.75, 3.05) is 0 Å². The normalized spacial score (nSPS) is 11.7. The molecule has 0 spiro atoms. The van der Waals surface area contributed by atoms with E-state index in [0.29, 0.717) is 16.8 Å². The fraction of sp³-hybridized carbons (Fsp3) is 0.0556. The van der Waals surface area contributed by atoms with Crippen LogP contribution in [0.1, 0.15) is 21.6 Å². The number of hydrogen-bond acceptors (Lipinski definition) is 6. The van der Waals surface area contributed by atoms with Gasteiger partial charge in [-0.15, -0.1) is 5.10 Å². The number of nitrogens with zero attached hydrogens (tertiary/aromatic N) is 2. The molecule has 138 valence electrons. The van der Waals surface area contributed by atoms with Crippen molar-refractivity contribution in [3.63, 3.8) is 0 Å². The highest BCUT2D eigenvalue weighted by Gasteiger charge is 2.14. The van der Waals surface area contributed by atoms with Crippen molar-refractivity contribution in [3.05, 3.63) is 82.6 Å². The van der Waals surface area contributed by atoms with Crippen LogP contribution < -0.4 is 4.72 Å². The number of ketones is 1. The molecule has 1 aromatic heterocycles. The summed E-state index contributed by atoms with van der Waals surface area (Å²) in [5.41, 5.74) is 1.57. The first-order valence-electron chi connectivity index (χ1n) is 7.78. The number of rotatable bonds is 7. The Labute approximate surface area is 159 Å². The molecule has 0 unspecified atom stereocenters. The summed E-state index contributed by atoms with van der Waals surface area (Å²) in [6, 6.07) is 11.1. The molecule has 0 bridgehead atoms. The summed E-state index contributed by atoms with van der Waals surface area (Å²) in [5, 5.41) is 5.50. The van der Waals surface area contributed by atoms with E-state index in [1.807, 2.05) is 0 Å². The average Bonchev–Trinajstić information content (AvgIpc) is 3.19. The molecular weight excluding hydrogens is 389 g/mol. The van der Waals surface area contributed by atoms with Crippen molar-refractivity contribution < 1.29 is 17.6 Å². The summed E-state index contributed by atoms with van der Waals surface area (Å²) in [6.45, 7) is 0.0354. The Kier molecular flexibility index (Phi) is 5.84. The first-order valence-corrected chi connectivity index (χ1v) is 10.1. The zero-order valence-electron chi connectivity index (χ0n) is 13.9. The van der Waals surface area contributed by atoms with Crippen LogP contribution in [-0.2, 0) is 16.6 Å². The highest BCUT2D eigenvalue weighted by Crippen LogP contribution is 2.13. The molecule has 1 heterocycles. The maximum atomic E-state index is 12.9. The van der Waals surface area contributed by atoms with Crippen LogP contribution in [0.4, 0.5) is 4.39 Å². The Bertz CT molecular complexity index is 1050. The Balaban J connectivity index is 1.66. The van der Waals surface area contributed by atoms with Crippen molar-refractivity contribution in [2.45, 2.75) is 11.4 Å². The molecule has 0 radical (unpaired) electrons. The quantitative estimate of drug-likeness (QED) is 0.484. The van der Waals surface area contributed by atoms with E-state index in [2.05, 4.69) is 14.3 Å². The maximum absolute atomic E-state index is 12.9. The third-order valence-electron chi connectivity index (χ3n) is 3.61. The van der Waals surface area contributed by atoms with Crippen molar-refractivity contribution in [2.24, 2.45) is 0 Å². The van der Waals surface area contributed by atoms with Gasteiger partial charge in [0.1, 0.15) is 5.82 Å². The number of nitrogens with one attached hydrogen (secondary N) is 1. The molecule has 27 heavy (non-hydrogen) atoms. The second-order valence-electron chi connectivity index (χ2n) is 5.50. The average molecular weight is 403 g/mol. The van der Waals surface area contributed by atoms with Gasteiger partial charge in [-0.1, -0.05) is 16.6 Å².